The summed E-state index contributed by atoms with van der Waals surface area (Å²) in [4.78, 5) is 15.8. The van der Waals surface area contributed by atoms with Gasteiger partial charge in [0.1, 0.15) is 0 Å². The first kappa shape index (κ1) is 20.2. The number of benzene rings is 2. The second-order valence-electron chi connectivity index (χ2n) is 9.05. The van der Waals surface area contributed by atoms with Crippen molar-refractivity contribution in [1.82, 2.24) is 20.0 Å². The van der Waals surface area contributed by atoms with Crippen molar-refractivity contribution in [2.45, 2.75) is 57.4 Å². The van der Waals surface area contributed by atoms with Crippen LogP contribution in [0, 0.1) is 0 Å². The third kappa shape index (κ3) is 3.98. The van der Waals surface area contributed by atoms with Crippen LogP contribution < -0.4 is 5.32 Å². The lowest BCUT2D eigenvalue weighted by molar-refractivity contribution is -0.0843. The number of amides is 1. The van der Waals surface area contributed by atoms with Gasteiger partial charge >= 0.3 is 0 Å². The van der Waals surface area contributed by atoms with Gasteiger partial charge in [-0.1, -0.05) is 48.5 Å². The number of para-hydroxylation sites is 1. The number of carbonyl (C=O) groups excluding carboxylic acids is 1. The molecular weight excluding hydrogens is 388 g/mol. The molecule has 5 rings (SSSR count). The lowest BCUT2D eigenvalue weighted by Crippen LogP contribution is -2.60. The quantitative estimate of drug-likeness (QED) is 0.685. The molecule has 6 nitrogen and oxygen atoms in total. The Bertz CT molecular complexity index is 1050. The minimum absolute atomic E-state index is 0.0731. The first-order valence-corrected chi connectivity index (χ1v) is 11.3. The topological polar surface area (TPSA) is 59.4 Å². The first-order chi connectivity index (χ1) is 15.1. The highest BCUT2D eigenvalue weighted by Gasteiger charge is 2.39. The van der Waals surface area contributed by atoms with Gasteiger partial charge in [-0.2, -0.15) is 5.10 Å². The van der Waals surface area contributed by atoms with Crippen LogP contribution in [-0.4, -0.2) is 51.9 Å². The molecule has 2 bridgehead atoms. The van der Waals surface area contributed by atoms with Crippen molar-refractivity contribution in [2.24, 2.45) is 0 Å². The van der Waals surface area contributed by atoms with Crippen LogP contribution in [0.1, 0.15) is 48.8 Å². The van der Waals surface area contributed by atoms with Crippen LogP contribution in [0.3, 0.4) is 0 Å². The Morgan fingerprint density at radius 3 is 2.45 bits per heavy atom. The number of fused-ring (bicyclic) bond motifs is 3. The van der Waals surface area contributed by atoms with Crippen molar-refractivity contribution in [1.29, 1.82) is 0 Å². The summed E-state index contributed by atoms with van der Waals surface area (Å²) in [6.45, 7) is 6.56. The van der Waals surface area contributed by atoms with E-state index in [1.165, 1.54) is 5.56 Å². The van der Waals surface area contributed by atoms with Crippen molar-refractivity contribution in [3.8, 4) is 0 Å². The standard InChI is InChI=1S/C25H30N4O2/c1-17(2)29-23-11-7-6-10-22(23)24(27-29)25(30)26-19-12-20-15-31-16-21(13-19)28(20)14-18-8-4-3-5-9-18/h3-11,17,19-21H,12-16H2,1-2H3,(H,26,30)/t19-,20-,21+. The molecule has 0 radical (unpaired) electrons. The SMILES string of the molecule is CC(C)n1nc(C(=O)N[C@H]2C[C@H]3COC[C@@H](C2)N3Cc2ccccc2)c2ccccc21. The van der Waals surface area contributed by atoms with E-state index in [0.717, 1.165) is 43.5 Å². The molecule has 3 atom stereocenters. The Hall–Kier alpha value is -2.70. The molecule has 2 fully saturated rings. The van der Waals surface area contributed by atoms with Crippen molar-refractivity contribution in [3.05, 3.63) is 65.9 Å². The smallest absolute Gasteiger partial charge is 0.272 e. The number of ether oxygens (including phenoxy) is 1. The molecule has 1 amide bonds. The molecule has 3 aromatic rings. The predicted octanol–water partition coefficient (Wildman–Crippen LogP) is 3.78. The summed E-state index contributed by atoms with van der Waals surface area (Å²) in [7, 11) is 0. The number of nitrogens with zero attached hydrogens (tertiary/aromatic N) is 3. The Kier molecular flexibility index (Phi) is 5.50. The van der Waals surface area contributed by atoms with E-state index in [9.17, 15) is 4.79 Å². The van der Waals surface area contributed by atoms with E-state index in [4.69, 9.17) is 4.74 Å². The molecule has 0 aliphatic carbocycles. The molecule has 1 aromatic heterocycles. The molecule has 0 saturated carbocycles. The minimum atomic E-state index is -0.0731. The molecular formula is C25H30N4O2. The number of nitrogens with one attached hydrogen (secondary N) is 1. The van der Waals surface area contributed by atoms with Gasteiger partial charge in [0.25, 0.3) is 5.91 Å². The van der Waals surface area contributed by atoms with Crippen LogP contribution in [0.4, 0.5) is 0 Å². The Morgan fingerprint density at radius 2 is 1.74 bits per heavy atom. The van der Waals surface area contributed by atoms with E-state index >= 15 is 0 Å². The third-order valence-corrected chi connectivity index (χ3v) is 6.53. The molecule has 2 aliphatic rings. The molecule has 31 heavy (non-hydrogen) atoms. The fourth-order valence-electron chi connectivity index (χ4n) is 5.06. The molecule has 3 heterocycles. The largest absolute Gasteiger partial charge is 0.378 e. The molecule has 6 heteroatoms. The molecule has 0 spiro atoms. The van der Waals surface area contributed by atoms with Gasteiger partial charge in [-0.25, -0.2) is 0 Å². The number of hydrogen-bond acceptors (Lipinski definition) is 4. The van der Waals surface area contributed by atoms with Crippen molar-refractivity contribution >= 4 is 16.8 Å². The van der Waals surface area contributed by atoms with E-state index in [-0.39, 0.29) is 18.0 Å². The molecule has 1 N–H and O–H groups in total. The van der Waals surface area contributed by atoms with Crippen LogP contribution in [0.15, 0.2) is 54.6 Å². The second kappa shape index (κ2) is 8.44. The second-order valence-corrected chi connectivity index (χ2v) is 9.05. The van der Waals surface area contributed by atoms with E-state index in [1.807, 2.05) is 28.9 Å². The zero-order valence-corrected chi connectivity index (χ0v) is 18.2. The van der Waals surface area contributed by atoms with E-state index in [2.05, 4.69) is 59.5 Å². The number of morpholine rings is 1. The highest BCUT2D eigenvalue weighted by Crippen LogP contribution is 2.30. The Balaban J connectivity index is 1.32. The number of piperidine rings is 1. The summed E-state index contributed by atoms with van der Waals surface area (Å²) in [6, 6.07) is 19.6. The summed E-state index contributed by atoms with van der Waals surface area (Å²) >= 11 is 0. The Labute approximate surface area is 183 Å². The highest BCUT2D eigenvalue weighted by atomic mass is 16.5. The van der Waals surface area contributed by atoms with Gasteiger partial charge in [-0.05, 0) is 38.3 Å². The van der Waals surface area contributed by atoms with Crippen LogP contribution in [0.2, 0.25) is 0 Å². The zero-order valence-electron chi connectivity index (χ0n) is 18.2. The minimum Gasteiger partial charge on any atom is -0.378 e. The number of rotatable bonds is 5. The number of aromatic nitrogens is 2. The summed E-state index contributed by atoms with van der Waals surface area (Å²) in [6.07, 6.45) is 1.80. The fourth-order valence-corrected chi connectivity index (χ4v) is 5.06. The van der Waals surface area contributed by atoms with Gasteiger partial charge in [0.05, 0.1) is 18.7 Å². The summed E-state index contributed by atoms with van der Waals surface area (Å²) < 4.78 is 7.80. The van der Waals surface area contributed by atoms with Gasteiger partial charge in [-0.3, -0.25) is 14.4 Å². The van der Waals surface area contributed by atoms with Gasteiger partial charge in [0.2, 0.25) is 0 Å². The van der Waals surface area contributed by atoms with Crippen LogP contribution in [0.5, 0.6) is 0 Å². The van der Waals surface area contributed by atoms with Crippen LogP contribution in [-0.2, 0) is 11.3 Å². The first-order valence-electron chi connectivity index (χ1n) is 11.3. The third-order valence-electron chi connectivity index (χ3n) is 6.53. The number of hydrogen-bond donors (Lipinski definition) is 1. The monoisotopic (exact) mass is 418 g/mol. The average molecular weight is 419 g/mol. The van der Waals surface area contributed by atoms with E-state index < -0.39 is 0 Å². The van der Waals surface area contributed by atoms with Gasteiger partial charge in [-0.15, -0.1) is 0 Å². The lowest BCUT2D eigenvalue weighted by Gasteiger charge is -2.48. The van der Waals surface area contributed by atoms with Crippen molar-refractivity contribution in [2.75, 3.05) is 13.2 Å². The molecule has 2 aliphatic heterocycles. The number of carbonyl (C=O) groups is 1. The van der Waals surface area contributed by atoms with Gasteiger partial charge in [0, 0.05) is 36.1 Å². The maximum atomic E-state index is 13.2. The lowest BCUT2D eigenvalue weighted by atomic mass is 9.89. The molecule has 2 saturated heterocycles. The fraction of sp³-hybridized carbons (Fsp3) is 0.440. The average Bonchev–Trinajstić information content (AvgIpc) is 3.15. The summed E-state index contributed by atoms with van der Waals surface area (Å²) in [5.41, 5.74) is 2.86. The van der Waals surface area contributed by atoms with Crippen molar-refractivity contribution in [3.63, 3.8) is 0 Å². The molecule has 2 aromatic carbocycles. The highest BCUT2D eigenvalue weighted by molar-refractivity contribution is 6.05. The summed E-state index contributed by atoms with van der Waals surface area (Å²) in [5.74, 6) is -0.0731. The van der Waals surface area contributed by atoms with E-state index in [0.29, 0.717) is 17.8 Å². The normalized spacial score (nSPS) is 23.9. The van der Waals surface area contributed by atoms with Crippen LogP contribution in [0.25, 0.3) is 10.9 Å². The summed E-state index contributed by atoms with van der Waals surface area (Å²) in [5, 5.41) is 8.88. The maximum Gasteiger partial charge on any atom is 0.272 e. The van der Waals surface area contributed by atoms with E-state index in [1.54, 1.807) is 0 Å². The maximum absolute atomic E-state index is 13.2. The Morgan fingerprint density at radius 1 is 1.06 bits per heavy atom. The zero-order chi connectivity index (χ0) is 21.4. The molecule has 0 unspecified atom stereocenters. The van der Waals surface area contributed by atoms with Gasteiger partial charge in [0.15, 0.2) is 5.69 Å². The molecule has 162 valence electrons. The van der Waals surface area contributed by atoms with Crippen molar-refractivity contribution < 1.29 is 9.53 Å². The predicted molar refractivity (Wildman–Crippen MR) is 121 cm³/mol. The van der Waals surface area contributed by atoms with Crippen LogP contribution >= 0.6 is 0 Å². The van der Waals surface area contributed by atoms with Gasteiger partial charge < -0.3 is 10.1 Å².